The summed E-state index contributed by atoms with van der Waals surface area (Å²) in [5.74, 6) is 2.34. The van der Waals surface area contributed by atoms with Crippen molar-refractivity contribution >= 4 is 55.0 Å². The standard InChI is InChI=1S/C46H26N4O3/c1-4-13-27(14-5-1)43-48-44(28-15-6-2-7-16-28)50-45(49-43)33-24-23-31(42-41(33)32-19-10-11-21-36(32)52-42)30-20-12-22-37-40(30)34-25-35-39(26-38(34)51-37)53-46(47-35)29-17-8-3-9-18-29/h1-26H. The van der Waals surface area contributed by atoms with E-state index in [9.17, 15) is 0 Å². The first kappa shape index (κ1) is 29.4. The minimum Gasteiger partial charge on any atom is -0.456 e. The highest BCUT2D eigenvalue weighted by molar-refractivity contribution is 6.20. The molecule has 0 fully saturated rings. The lowest BCUT2D eigenvalue weighted by molar-refractivity contribution is 0.617. The SMILES string of the molecule is c1ccc(-c2nc(-c3ccccc3)nc(-c3ccc(-c4cccc5oc6cc7oc(-c8ccccc8)nc7cc6c45)c4oc5ccccc5c34)n2)cc1. The number of hydrogen-bond donors (Lipinski definition) is 0. The molecule has 0 saturated carbocycles. The Balaban J connectivity index is 1.15. The zero-order valence-corrected chi connectivity index (χ0v) is 28.0. The van der Waals surface area contributed by atoms with Crippen molar-refractivity contribution in [2.45, 2.75) is 0 Å². The van der Waals surface area contributed by atoms with Crippen LogP contribution in [0.4, 0.5) is 0 Å². The minimum atomic E-state index is 0.565. The Bertz CT molecular complexity index is 3110. The summed E-state index contributed by atoms with van der Waals surface area (Å²) in [6.45, 7) is 0. The molecule has 7 aromatic carbocycles. The third-order valence-electron chi connectivity index (χ3n) is 9.78. The van der Waals surface area contributed by atoms with E-state index in [2.05, 4.69) is 30.3 Å². The molecule has 4 aromatic heterocycles. The number of benzene rings is 7. The normalized spacial score (nSPS) is 11.8. The van der Waals surface area contributed by atoms with Gasteiger partial charge in [0.15, 0.2) is 23.1 Å². The van der Waals surface area contributed by atoms with Crippen LogP contribution in [0.15, 0.2) is 171 Å². The largest absolute Gasteiger partial charge is 0.456 e. The molecule has 248 valence electrons. The second kappa shape index (κ2) is 11.6. The Morgan fingerprint density at radius 1 is 0.340 bits per heavy atom. The summed E-state index contributed by atoms with van der Waals surface area (Å²) in [7, 11) is 0. The van der Waals surface area contributed by atoms with Crippen molar-refractivity contribution < 1.29 is 13.3 Å². The van der Waals surface area contributed by atoms with E-state index in [1.165, 1.54) is 0 Å². The van der Waals surface area contributed by atoms with Crippen LogP contribution in [0.25, 0.3) is 112 Å². The van der Waals surface area contributed by atoms with Gasteiger partial charge >= 0.3 is 0 Å². The molecule has 7 heteroatoms. The summed E-state index contributed by atoms with van der Waals surface area (Å²) in [6, 6.07) is 52.4. The van der Waals surface area contributed by atoms with Crippen molar-refractivity contribution in [1.82, 2.24) is 19.9 Å². The van der Waals surface area contributed by atoms with Crippen LogP contribution in [-0.4, -0.2) is 19.9 Å². The zero-order chi connectivity index (χ0) is 34.9. The predicted molar refractivity (Wildman–Crippen MR) is 209 cm³/mol. The predicted octanol–water partition coefficient (Wildman–Crippen LogP) is 12.1. The first-order chi connectivity index (χ1) is 26.2. The van der Waals surface area contributed by atoms with Gasteiger partial charge in [-0.2, -0.15) is 0 Å². The molecule has 0 saturated heterocycles. The molecule has 0 radical (unpaired) electrons. The maximum absolute atomic E-state index is 6.76. The summed E-state index contributed by atoms with van der Waals surface area (Å²) < 4.78 is 19.4. The van der Waals surface area contributed by atoms with Gasteiger partial charge in [0, 0.05) is 55.4 Å². The quantitative estimate of drug-likeness (QED) is 0.178. The molecule has 0 aliphatic heterocycles. The van der Waals surface area contributed by atoms with Crippen LogP contribution >= 0.6 is 0 Å². The first-order valence-electron chi connectivity index (χ1n) is 17.4. The number of nitrogens with zero attached hydrogens (tertiary/aromatic N) is 4. The lowest BCUT2D eigenvalue weighted by atomic mass is 9.95. The molecule has 0 N–H and O–H groups in total. The molecular formula is C46H26N4O3. The number of rotatable bonds is 5. The van der Waals surface area contributed by atoms with E-state index in [0.29, 0.717) is 28.9 Å². The fourth-order valence-corrected chi connectivity index (χ4v) is 7.33. The number of hydrogen-bond acceptors (Lipinski definition) is 7. The maximum Gasteiger partial charge on any atom is 0.227 e. The van der Waals surface area contributed by atoms with Gasteiger partial charge in [-0.1, -0.05) is 109 Å². The molecular weight excluding hydrogens is 657 g/mol. The molecule has 11 rings (SSSR count). The number of oxazole rings is 1. The van der Waals surface area contributed by atoms with Crippen LogP contribution in [0.3, 0.4) is 0 Å². The van der Waals surface area contributed by atoms with Gasteiger partial charge in [0.05, 0.1) is 0 Å². The fourth-order valence-electron chi connectivity index (χ4n) is 7.33. The molecule has 7 nitrogen and oxygen atoms in total. The van der Waals surface area contributed by atoms with Crippen LogP contribution in [0.5, 0.6) is 0 Å². The summed E-state index contributed by atoms with van der Waals surface area (Å²) in [5, 5.41) is 3.82. The van der Waals surface area contributed by atoms with Crippen LogP contribution < -0.4 is 0 Å². The Morgan fingerprint density at radius 3 is 1.70 bits per heavy atom. The lowest BCUT2D eigenvalue weighted by Crippen LogP contribution is -2.00. The van der Waals surface area contributed by atoms with E-state index in [-0.39, 0.29) is 0 Å². The minimum absolute atomic E-state index is 0.565. The highest BCUT2D eigenvalue weighted by atomic mass is 16.4. The van der Waals surface area contributed by atoms with Gasteiger partial charge in [-0.3, -0.25) is 0 Å². The fraction of sp³-hybridized carbons (Fsp3) is 0. The van der Waals surface area contributed by atoms with E-state index < -0.39 is 0 Å². The van der Waals surface area contributed by atoms with Crippen molar-refractivity contribution in [3.63, 3.8) is 0 Å². The molecule has 4 heterocycles. The van der Waals surface area contributed by atoms with Crippen molar-refractivity contribution in [2.75, 3.05) is 0 Å². The second-order valence-electron chi connectivity index (χ2n) is 13.0. The van der Waals surface area contributed by atoms with Crippen LogP contribution in [0.1, 0.15) is 0 Å². The van der Waals surface area contributed by atoms with E-state index in [1.807, 2.05) is 127 Å². The molecule has 0 spiro atoms. The van der Waals surface area contributed by atoms with Crippen LogP contribution in [-0.2, 0) is 0 Å². The van der Waals surface area contributed by atoms with E-state index in [4.69, 9.17) is 33.2 Å². The Kier molecular flexibility index (Phi) is 6.42. The molecule has 0 aliphatic carbocycles. The Labute approximate surface area is 301 Å². The highest BCUT2D eigenvalue weighted by Crippen LogP contribution is 2.45. The van der Waals surface area contributed by atoms with Gasteiger partial charge in [0.2, 0.25) is 5.89 Å². The van der Waals surface area contributed by atoms with Gasteiger partial charge < -0.3 is 13.3 Å². The molecule has 11 aromatic rings. The number of fused-ring (bicyclic) bond motifs is 7. The third-order valence-corrected chi connectivity index (χ3v) is 9.78. The molecule has 0 unspecified atom stereocenters. The lowest BCUT2D eigenvalue weighted by Gasteiger charge is -2.11. The number of aromatic nitrogens is 4. The summed E-state index contributed by atoms with van der Waals surface area (Å²) in [6.07, 6.45) is 0. The topological polar surface area (TPSA) is 91.0 Å². The average Bonchev–Trinajstić information content (AvgIpc) is 3.93. The van der Waals surface area contributed by atoms with Gasteiger partial charge in [-0.25, -0.2) is 19.9 Å². The van der Waals surface area contributed by atoms with Crippen LogP contribution in [0, 0.1) is 0 Å². The Morgan fingerprint density at radius 2 is 0.962 bits per heavy atom. The maximum atomic E-state index is 6.76. The first-order valence-corrected chi connectivity index (χ1v) is 17.4. The van der Waals surface area contributed by atoms with Crippen LogP contribution in [0.2, 0.25) is 0 Å². The van der Waals surface area contributed by atoms with Gasteiger partial charge in [-0.05, 0) is 48.0 Å². The molecule has 0 amide bonds. The number of furan rings is 2. The van der Waals surface area contributed by atoms with E-state index in [0.717, 1.165) is 82.8 Å². The zero-order valence-electron chi connectivity index (χ0n) is 28.0. The smallest absolute Gasteiger partial charge is 0.227 e. The van der Waals surface area contributed by atoms with Gasteiger partial charge in [0.1, 0.15) is 27.8 Å². The van der Waals surface area contributed by atoms with Crippen molar-refractivity contribution in [3.8, 4) is 56.7 Å². The summed E-state index contributed by atoms with van der Waals surface area (Å²) >= 11 is 0. The Hall–Kier alpha value is -7.38. The molecule has 0 bridgehead atoms. The molecule has 0 atom stereocenters. The monoisotopic (exact) mass is 682 g/mol. The van der Waals surface area contributed by atoms with Crippen molar-refractivity contribution in [1.29, 1.82) is 0 Å². The third kappa shape index (κ3) is 4.75. The molecule has 0 aliphatic rings. The van der Waals surface area contributed by atoms with Crippen molar-refractivity contribution in [2.24, 2.45) is 0 Å². The molecule has 53 heavy (non-hydrogen) atoms. The second-order valence-corrected chi connectivity index (χ2v) is 13.0. The van der Waals surface area contributed by atoms with E-state index in [1.54, 1.807) is 0 Å². The summed E-state index contributed by atoms with van der Waals surface area (Å²) in [4.78, 5) is 19.9. The van der Waals surface area contributed by atoms with Gasteiger partial charge in [0.25, 0.3) is 0 Å². The highest BCUT2D eigenvalue weighted by Gasteiger charge is 2.23. The number of para-hydroxylation sites is 1. The van der Waals surface area contributed by atoms with E-state index >= 15 is 0 Å². The average molecular weight is 683 g/mol. The van der Waals surface area contributed by atoms with Crippen molar-refractivity contribution in [3.05, 3.63) is 158 Å². The van der Waals surface area contributed by atoms with Gasteiger partial charge in [-0.15, -0.1) is 0 Å². The summed E-state index contributed by atoms with van der Waals surface area (Å²) in [5.41, 5.74) is 9.94.